The monoisotopic (exact) mass is 248 g/mol. The smallest absolute Gasteiger partial charge is 0.251 e. The summed E-state index contributed by atoms with van der Waals surface area (Å²) in [6, 6.07) is 5.43. The third-order valence-corrected chi connectivity index (χ3v) is 2.84. The predicted octanol–water partition coefficient (Wildman–Crippen LogP) is 1.05. The van der Waals surface area contributed by atoms with Gasteiger partial charge in [0.2, 0.25) is 0 Å². The van der Waals surface area contributed by atoms with Crippen molar-refractivity contribution in [3.63, 3.8) is 0 Å². The number of methoxy groups -OCH3 is 2. The second kappa shape index (κ2) is 5.10. The number of hydrogen-bond acceptors (Lipinski definition) is 4. The molecule has 5 heteroatoms. The molecule has 5 nitrogen and oxygen atoms in total. The number of H-pyrrole nitrogens is 1. The van der Waals surface area contributed by atoms with Crippen LogP contribution in [0.15, 0.2) is 23.0 Å². The first-order chi connectivity index (χ1) is 8.69. The molecule has 2 rings (SSSR count). The van der Waals surface area contributed by atoms with Crippen molar-refractivity contribution in [2.45, 2.75) is 6.42 Å². The minimum absolute atomic E-state index is 0.111. The van der Waals surface area contributed by atoms with Gasteiger partial charge in [-0.1, -0.05) is 0 Å². The number of benzene rings is 1. The van der Waals surface area contributed by atoms with E-state index in [2.05, 4.69) is 4.98 Å². The Morgan fingerprint density at radius 3 is 2.44 bits per heavy atom. The lowest BCUT2D eigenvalue weighted by Crippen LogP contribution is -2.16. The van der Waals surface area contributed by atoms with Crippen LogP contribution in [0.2, 0.25) is 0 Å². The Hall–Kier alpha value is -2.01. The summed E-state index contributed by atoms with van der Waals surface area (Å²) in [5.41, 5.74) is 6.77. The average molecular weight is 248 g/mol. The van der Waals surface area contributed by atoms with Gasteiger partial charge in [0.25, 0.3) is 5.56 Å². The highest BCUT2D eigenvalue weighted by Crippen LogP contribution is 2.30. The first kappa shape index (κ1) is 12.4. The Balaban J connectivity index is 2.66. The summed E-state index contributed by atoms with van der Waals surface area (Å²) < 4.78 is 10.4. The van der Waals surface area contributed by atoms with Crippen LogP contribution in [-0.2, 0) is 6.42 Å². The topological polar surface area (TPSA) is 77.3 Å². The number of ether oxygens (including phenoxy) is 2. The fraction of sp³-hybridized carbons (Fsp3) is 0.308. The van der Waals surface area contributed by atoms with Crippen LogP contribution in [-0.4, -0.2) is 25.7 Å². The van der Waals surface area contributed by atoms with E-state index in [-0.39, 0.29) is 5.56 Å². The van der Waals surface area contributed by atoms with Gasteiger partial charge in [0.1, 0.15) is 0 Å². The normalized spacial score (nSPS) is 10.6. The van der Waals surface area contributed by atoms with Crippen molar-refractivity contribution in [1.82, 2.24) is 4.98 Å². The molecule has 0 aliphatic carbocycles. The highest BCUT2D eigenvalue weighted by Gasteiger charge is 2.08. The van der Waals surface area contributed by atoms with E-state index in [1.165, 1.54) is 0 Å². The van der Waals surface area contributed by atoms with Crippen molar-refractivity contribution in [3.8, 4) is 11.5 Å². The molecule has 0 saturated heterocycles. The van der Waals surface area contributed by atoms with Crippen LogP contribution in [0.3, 0.4) is 0 Å². The summed E-state index contributed by atoms with van der Waals surface area (Å²) in [6.07, 6.45) is 0.555. The molecular weight excluding hydrogens is 232 g/mol. The van der Waals surface area contributed by atoms with Gasteiger partial charge in [0.05, 0.1) is 19.7 Å². The number of nitrogens with one attached hydrogen (secondary N) is 1. The molecule has 0 aliphatic rings. The van der Waals surface area contributed by atoms with Gasteiger partial charge in [0, 0.05) is 17.0 Å². The Labute approximate surface area is 105 Å². The predicted molar refractivity (Wildman–Crippen MR) is 70.4 cm³/mol. The van der Waals surface area contributed by atoms with E-state index in [9.17, 15) is 4.79 Å². The number of fused-ring (bicyclic) bond motifs is 1. The van der Waals surface area contributed by atoms with Gasteiger partial charge >= 0.3 is 0 Å². The van der Waals surface area contributed by atoms with Gasteiger partial charge in [-0.2, -0.15) is 0 Å². The molecule has 96 valence electrons. The Kier molecular flexibility index (Phi) is 3.53. The van der Waals surface area contributed by atoms with Crippen LogP contribution in [0.25, 0.3) is 10.9 Å². The minimum atomic E-state index is -0.111. The van der Waals surface area contributed by atoms with Crippen LogP contribution in [0.4, 0.5) is 0 Å². The van der Waals surface area contributed by atoms with Crippen LogP contribution >= 0.6 is 0 Å². The second-order valence-corrected chi connectivity index (χ2v) is 3.96. The summed E-state index contributed by atoms with van der Waals surface area (Å²) >= 11 is 0. The lowest BCUT2D eigenvalue weighted by Gasteiger charge is -2.09. The van der Waals surface area contributed by atoms with Crippen molar-refractivity contribution >= 4 is 10.9 Å². The number of hydrogen-bond donors (Lipinski definition) is 2. The molecular formula is C13H16N2O3. The first-order valence-corrected chi connectivity index (χ1v) is 5.67. The van der Waals surface area contributed by atoms with Crippen molar-refractivity contribution in [1.29, 1.82) is 0 Å². The molecule has 0 atom stereocenters. The van der Waals surface area contributed by atoms with Gasteiger partial charge in [0.15, 0.2) is 11.5 Å². The maximum Gasteiger partial charge on any atom is 0.251 e. The molecule has 0 fully saturated rings. The maximum atomic E-state index is 11.8. The van der Waals surface area contributed by atoms with E-state index in [0.29, 0.717) is 30.0 Å². The molecule has 1 heterocycles. The fourth-order valence-electron chi connectivity index (χ4n) is 1.92. The molecule has 0 spiro atoms. The molecule has 1 aromatic carbocycles. The zero-order chi connectivity index (χ0) is 13.1. The largest absolute Gasteiger partial charge is 0.493 e. The number of nitrogens with two attached hydrogens (primary N) is 1. The molecule has 0 amide bonds. The third-order valence-electron chi connectivity index (χ3n) is 2.84. The molecule has 0 bridgehead atoms. The number of pyridine rings is 1. The number of rotatable bonds is 4. The SMILES string of the molecule is COc1cc2cc(CCN)c(=O)[nH]c2cc1OC. The van der Waals surface area contributed by atoms with Gasteiger partial charge < -0.3 is 20.2 Å². The summed E-state index contributed by atoms with van der Waals surface area (Å²) in [4.78, 5) is 14.6. The van der Waals surface area contributed by atoms with Crippen LogP contribution < -0.4 is 20.8 Å². The summed E-state index contributed by atoms with van der Waals surface area (Å²) in [6.45, 7) is 0.446. The highest BCUT2D eigenvalue weighted by atomic mass is 16.5. The molecule has 18 heavy (non-hydrogen) atoms. The van der Waals surface area contributed by atoms with Gasteiger partial charge in [-0.05, 0) is 25.1 Å². The highest BCUT2D eigenvalue weighted by molar-refractivity contribution is 5.83. The number of aromatic amines is 1. The molecule has 0 unspecified atom stereocenters. The van der Waals surface area contributed by atoms with Gasteiger partial charge in [-0.3, -0.25) is 4.79 Å². The summed E-state index contributed by atoms with van der Waals surface area (Å²) in [5, 5.41) is 0.899. The summed E-state index contributed by atoms with van der Waals surface area (Å²) in [7, 11) is 3.14. The van der Waals surface area contributed by atoms with Crippen molar-refractivity contribution < 1.29 is 9.47 Å². The minimum Gasteiger partial charge on any atom is -0.493 e. The summed E-state index contributed by atoms with van der Waals surface area (Å²) in [5.74, 6) is 1.22. The van der Waals surface area contributed by atoms with E-state index in [4.69, 9.17) is 15.2 Å². The van der Waals surface area contributed by atoms with Crippen molar-refractivity contribution in [2.75, 3.05) is 20.8 Å². The van der Waals surface area contributed by atoms with Crippen molar-refractivity contribution in [3.05, 3.63) is 34.1 Å². The van der Waals surface area contributed by atoms with Crippen LogP contribution in [0.1, 0.15) is 5.56 Å². The molecule has 1 aromatic heterocycles. The second-order valence-electron chi connectivity index (χ2n) is 3.96. The first-order valence-electron chi connectivity index (χ1n) is 5.67. The van der Waals surface area contributed by atoms with E-state index < -0.39 is 0 Å². The molecule has 2 aromatic rings. The van der Waals surface area contributed by atoms with Gasteiger partial charge in [-0.25, -0.2) is 0 Å². The van der Waals surface area contributed by atoms with Crippen molar-refractivity contribution in [2.24, 2.45) is 5.73 Å². The lowest BCUT2D eigenvalue weighted by atomic mass is 10.1. The van der Waals surface area contributed by atoms with Crippen LogP contribution in [0, 0.1) is 0 Å². The van der Waals surface area contributed by atoms with Gasteiger partial charge in [-0.15, -0.1) is 0 Å². The lowest BCUT2D eigenvalue weighted by molar-refractivity contribution is 0.356. The zero-order valence-corrected chi connectivity index (χ0v) is 10.4. The van der Waals surface area contributed by atoms with E-state index in [1.807, 2.05) is 12.1 Å². The fourth-order valence-corrected chi connectivity index (χ4v) is 1.92. The third kappa shape index (κ3) is 2.17. The Morgan fingerprint density at radius 1 is 1.17 bits per heavy atom. The maximum absolute atomic E-state index is 11.8. The number of aromatic nitrogens is 1. The standard InChI is InChI=1S/C13H16N2O3/c1-17-11-6-9-5-8(3-4-14)13(16)15-10(9)7-12(11)18-2/h5-7H,3-4,14H2,1-2H3,(H,15,16). The zero-order valence-electron chi connectivity index (χ0n) is 10.4. The van der Waals surface area contributed by atoms with E-state index in [0.717, 1.165) is 10.9 Å². The molecule has 0 radical (unpaired) electrons. The molecule has 0 saturated carbocycles. The van der Waals surface area contributed by atoms with Crippen LogP contribution in [0.5, 0.6) is 11.5 Å². The average Bonchev–Trinajstić information content (AvgIpc) is 2.38. The Bertz CT molecular complexity index is 619. The molecule has 0 aliphatic heterocycles. The quantitative estimate of drug-likeness (QED) is 0.847. The van der Waals surface area contributed by atoms with E-state index in [1.54, 1.807) is 20.3 Å². The molecule has 3 N–H and O–H groups in total. The Morgan fingerprint density at radius 2 is 1.83 bits per heavy atom. The van der Waals surface area contributed by atoms with E-state index >= 15 is 0 Å².